The molecule has 0 radical (unpaired) electrons. The van der Waals surface area contributed by atoms with E-state index in [1.54, 1.807) is 0 Å². The SMILES string of the molecule is c1ccc(-c2nc(-c3ccccc3)nc(-c3ccc4c5ccc(-n6c7ccccc7c7cc(-n8c9ccccc9c9cc(-c%10cccc%11c%10sc%10ccccc%10%11)ccc98)ccc76)cc5c5ccccc5c4c3)n2)cc1.c1ccc(-c2nc(-c3ccccc3)nc(-c3cccc4c3oc3c(-n5c6ccccc6c6cc(-n7c8ccccc8c8cc(-c9cccc%10c9sc9ccccc9%10)ccc87)ccc65)cccc34)n2)cc1. The van der Waals surface area contributed by atoms with Crippen LogP contribution in [0, 0.1) is 0 Å². The summed E-state index contributed by atoms with van der Waals surface area (Å²) in [5.41, 5.74) is 25.6. The van der Waals surface area contributed by atoms with Crippen molar-refractivity contribution in [1.82, 2.24) is 48.2 Å². The summed E-state index contributed by atoms with van der Waals surface area (Å²) >= 11 is 3.76. The maximum atomic E-state index is 7.12. The summed E-state index contributed by atoms with van der Waals surface area (Å²) < 4.78 is 22.1. The second-order valence-corrected chi connectivity index (χ2v) is 39.5. The number of thiophene rings is 2. The molecule has 0 amide bonds. The van der Waals surface area contributed by atoms with Crippen molar-refractivity contribution in [2.24, 2.45) is 0 Å². The van der Waals surface area contributed by atoms with Crippen molar-refractivity contribution in [3.8, 4) is 113 Å². The van der Waals surface area contributed by atoms with Gasteiger partial charge in [0.15, 0.2) is 40.5 Å². The summed E-state index contributed by atoms with van der Waals surface area (Å²) in [7, 11) is 0. The zero-order valence-corrected chi connectivity index (χ0v) is 79.4. The Morgan fingerprint density at radius 1 is 0.159 bits per heavy atom. The predicted molar refractivity (Wildman–Crippen MR) is 606 cm³/mol. The topological polar surface area (TPSA) is 110 Å². The molecule has 0 aliphatic carbocycles. The molecular weight excluding hydrogens is 1810 g/mol. The summed E-state index contributed by atoms with van der Waals surface area (Å²) in [4.78, 5) is 30.3. The lowest BCUT2D eigenvalue weighted by molar-refractivity contribution is 0.667. The Labute approximate surface area is 837 Å². The normalized spacial score (nSPS) is 12.0. The van der Waals surface area contributed by atoms with E-state index < -0.39 is 0 Å². The minimum atomic E-state index is 0.554. The fourth-order valence-corrected chi connectivity index (χ4v) is 25.2. The monoisotopic (exact) mass is 1880 g/mol. The highest BCUT2D eigenvalue weighted by molar-refractivity contribution is 7.26. The highest BCUT2D eigenvalue weighted by atomic mass is 32.1. The number of hydrogen-bond acceptors (Lipinski definition) is 9. The van der Waals surface area contributed by atoms with Crippen LogP contribution in [0.15, 0.2) is 478 Å². The van der Waals surface area contributed by atoms with E-state index in [4.69, 9.17) is 34.3 Å². The molecule has 0 bridgehead atoms. The van der Waals surface area contributed by atoms with Gasteiger partial charge in [-0.1, -0.05) is 346 Å². The zero-order chi connectivity index (χ0) is 95.0. The first-order chi connectivity index (χ1) is 71.9. The Bertz CT molecular complexity index is 10700. The smallest absolute Gasteiger partial charge is 0.167 e. The molecule has 0 spiro atoms. The molecule has 13 heteroatoms. The molecule has 9 aromatic heterocycles. The van der Waals surface area contributed by atoms with Gasteiger partial charge in [-0.25, -0.2) is 29.9 Å². The average Bonchev–Trinajstić information content (AvgIpc) is 1.60. The van der Waals surface area contributed by atoms with Crippen molar-refractivity contribution in [1.29, 1.82) is 0 Å². The minimum absolute atomic E-state index is 0.554. The van der Waals surface area contributed by atoms with Gasteiger partial charge in [-0.2, -0.15) is 0 Å². The molecule has 11 nitrogen and oxygen atoms in total. The average molecular weight is 1880 g/mol. The molecule has 0 atom stereocenters. The van der Waals surface area contributed by atoms with E-state index >= 15 is 0 Å². The number of aromatic nitrogens is 10. The van der Waals surface area contributed by atoms with Crippen LogP contribution in [0.5, 0.6) is 0 Å². The van der Waals surface area contributed by atoms with E-state index in [2.05, 4.69) is 388 Å². The molecule has 9 heterocycles. The number of benzene rings is 22. The van der Waals surface area contributed by atoms with E-state index in [-0.39, 0.29) is 0 Å². The fourth-order valence-electron chi connectivity index (χ4n) is 22.8. The Morgan fingerprint density at radius 3 is 0.890 bits per heavy atom. The van der Waals surface area contributed by atoms with Gasteiger partial charge in [-0.15, -0.1) is 22.7 Å². The van der Waals surface area contributed by atoms with Crippen LogP contribution < -0.4 is 0 Å². The van der Waals surface area contributed by atoms with Crippen LogP contribution in [0.4, 0.5) is 0 Å². The highest BCUT2D eigenvalue weighted by Gasteiger charge is 2.27. The van der Waals surface area contributed by atoms with Gasteiger partial charge in [-0.3, -0.25) is 0 Å². The summed E-state index contributed by atoms with van der Waals surface area (Å²) in [5.74, 6) is 3.70. The van der Waals surface area contributed by atoms with E-state index in [9.17, 15) is 0 Å². The van der Waals surface area contributed by atoms with Crippen LogP contribution in [0.3, 0.4) is 0 Å². The number of furan rings is 1. The van der Waals surface area contributed by atoms with Gasteiger partial charge in [0.25, 0.3) is 0 Å². The first kappa shape index (κ1) is 82.0. The third kappa shape index (κ3) is 13.1. The van der Waals surface area contributed by atoms with E-state index in [0.717, 1.165) is 105 Å². The maximum Gasteiger partial charge on any atom is 0.167 e. The van der Waals surface area contributed by atoms with E-state index in [1.165, 1.54) is 155 Å². The number of para-hydroxylation sites is 6. The van der Waals surface area contributed by atoms with Crippen LogP contribution in [-0.2, 0) is 0 Å². The van der Waals surface area contributed by atoms with Gasteiger partial charge in [0.2, 0.25) is 0 Å². The van der Waals surface area contributed by atoms with Crippen LogP contribution in [0.1, 0.15) is 0 Å². The molecule has 0 aliphatic rings. The summed E-state index contributed by atoms with van der Waals surface area (Å²) in [6.45, 7) is 0. The number of fused-ring (bicyclic) bond motifs is 27. The zero-order valence-electron chi connectivity index (χ0n) is 77.7. The lowest BCUT2D eigenvalue weighted by Crippen LogP contribution is -2.00. The van der Waals surface area contributed by atoms with Gasteiger partial charge in [0.1, 0.15) is 5.58 Å². The summed E-state index contributed by atoms with van der Waals surface area (Å²) in [6.07, 6.45) is 0. The molecule has 22 aromatic carbocycles. The molecule has 0 saturated heterocycles. The van der Waals surface area contributed by atoms with Crippen molar-refractivity contribution in [3.63, 3.8) is 0 Å². The van der Waals surface area contributed by atoms with E-state index in [1.807, 2.05) is 126 Å². The van der Waals surface area contributed by atoms with Crippen LogP contribution >= 0.6 is 22.7 Å². The standard InChI is InChI=1S/C69H41N5S.C63H37N5OS/c1-3-16-42(17-4-1)67-70-68(43-18-5-2-6-19-43)72-69(71-67)45-30-34-51-52-35-32-46(40-58(52)50-21-8-7-20-49(50)57(51)39-45)73-62-28-13-10-23-54(62)60-41-47(33-37-64(60)73)74-61-27-12-9-22-53(61)59-38-44(31-36-63(59)74)48-25-15-26-56-55-24-11-14-29-65(55)75-66(48)56;1-3-16-38(17-4-1)61-64-62(39-18-5-2-6-19-39)66-63(65-61)49-27-14-24-46-47-25-15-30-56(59(47)69-58(46)49)68-53-29-11-8-21-44(53)51-37-41(33-35-55(51)68)67-52-28-10-7-20-43(52)50-36-40(32-34-54(50)67)42-23-13-26-48-45-22-9-12-31-57(45)70-60(42)48/h1-41H;1-37H. The molecule has 31 aromatic rings. The van der Waals surface area contributed by atoms with Gasteiger partial charge >= 0.3 is 0 Å². The van der Waals surface area contributed by atoms with Gasteiger partial charge in [-0.05, 0) is 182 Å². The van der Waals surface area contributed by atoms with Crippen molar-refractivity contribution in [2.75, 3.05) is 0 Å². The predicted octanol–water partition coefficient (Wildman–Crippen LogP) is 35.6. The third-order valence-corrected chi connectivity index (χ3v) is 31.8. The lowest BCUT2D eigenvalue weighted by Gasteiger charge is -2.15. The Balaban J connectivity index is 0.000000135. The maximum absolute atomic E-state index is 7.12. The molecule has 0 aliphatic heterocycles. The first-order valence-electron chi connectivity index (χ1n) is 48.9. The molecule has 0 saturated carbocycles. The second kappa shape index (κ2) is 32.9. The van der Waals surface area contributed by atoms with E-state index in [0.29, 0.717) is 34.9 Å². The van der Waals surface area contributed by atoms with Gasteiger partial charge in [0, 0.05) is 139 Å². The largest absolute Gasteiger partial charge is 0.453 e. The number of rotatable bonds is 12. The molecule has 31 rings (SSSR count). The van der Waals surface area contributed by atoms with Crippen LogP contribution in [0.25, 0.3) is 295 Å². The molecular formula is C132H78N10OS2. The molecule has 0 unspecified atom stereocenters. The van der Waals surface area contributed by atoms with Crippen molar-refractivity contribution < 1.29 is 4.42 Å². The Morgan fingerprint density at radius 2 is 0.441 bits per heavy atom. The van der Waals surface area contributed by atoms with Crippen LogP contribution in [0.2, 0.25) is 0 Å². The quantitative estimate of drug-likeness (QED) is 0.112. The Hall–Kier alpha value is -18.9. The second-order valence-electron chi connectivity index (χ2n) is 37.4. The van der Waals surface area contributed by atoms with Gasteiger partial charge < -0.3 is 22.7 Å². The third-order valence-electron chi connectivity index (χ3n) is 29.3. The van der Waals surface area contributed by atoms with Gasteiger partial charge in [0.05, 0.1) is 55.4 Å². The lowest BCUT2D eigenvalue weighted by atomic mass is 9.93. The summed E-state index contributed by atoms with van der Waals surface area (Å²) in [6, 6.07) is 170. The van der Waals surface area contributed by atoms with Crippen molar-refractivity contribution >= 4 is 204 Å². The molecule has 0 N–H and O–H groups in total. The fraction of sp³-hybridized carbons (Fsp3) is 0. The van der Waals surface area contributed by atoms with Crippen molar-refractivity contribution in [2.45, 2.75) is 0 Å². The Kier molecular flexibility index (Phi) is 18.6. The highest BCUT2D eigenvalue weighted by Crippen LogP contribution is 2.50. The number of hydrogen-bond donors (Lipinski definition) is 0. The molecule has 674 valence electrons. The molecule has 0 fully saturated rings. The van der Waals surface area contributed by atoms with Crippen molar-refractivity contribution in [3.05, 3.63) is 473 Å². The summed E-state index contributed by atoms with van der Waals surface area (Å²) in [5, 5.41) is 24.1. The van der Waals surface area contributed by atoms with Crippen LogP contribution in [-0.4, -0.2) is 48.2 Å². The molecule has 145 heavy (non-hydrogen) atoms. The number of nitrogens with zero attached hydrogens (tertiary/aromatic N) is 10. The minimum Gasteiger partial charge on any atom is -0.453 e. The first-order valence-corrected chi connectivity index (χ1v) is 50.6.